The van der Waals surface area contributed by atoms with Crippen LogP contribution in [0.5, 0.6) is 0 Å². The topological polar surface area (TPSA) is 32.7 Å². The molecule has 1 aliphatic rings. The number of hydrogen-bond acceptors (Lipinski definition) is 3. The molecule has 2 aromatic rings. The Morgan fingerprint density at radius 1 is 1.00 bits per heavy atom. The van der Waals surface area contributed by atoms with E-state index in [0.29, 0.717) is 23.2 Å². The third kappa shape index (κ3) is 3.81. The van der Waals surface area contributed by atoms with Crippen LogP contribution in [0.25, 0.3) is 0 Å². The number of nitrogens with zero attached hydrogens (tertiary/aromatic N) is 2. The Bertz CT molecular complexity index is 929. The number of benzene rings is 2. The smallest absolute Gasteiger partial charge is 0.429 e. The van der Waals surface area contributed by atoms with E-state index in [4.69, 9.17) is 0 Å². The zero-order valence-corrected chi connectivity index (χ0v) is 17.4. The molecule has 0 unspecified atom stereocenters. The number of unbranched alkanes of at least 4 members (excludes halogenated alkanes) is 1. The van der Waals surface area contributed by atoms with Crippen LogP contribution in [0.4, 0.5) is 13.2 Å². The number of carbonyl (C=O) groups excluding carboxylic acids is 1. The molecule has 158 valence electrons. The molecule has 30 heavy (non-hydrogen) atoms. The molecular weight excluding hydrogens is 388 g/mol. The Labute approximate surface area is 175 Å². The fraction of sp³-hybridized carbons (Fsp3) is 0.304. The molecule has 0 saturated carbocycles. The number of halogens is 3. The molecule has 0 fully saturated rings. The summed E-state index contributed by atoms with van der Waals surface area (Å²) in [5.74, 6) is -0.629. The first kappa shape index (κ1) is 21.9. The number of hydrogen-bond donors (Lipinski definition) is 0. The third-order valence-corrected chi connectivity index (χ3v) is 5.70. The van der Waals surface area contributed by atoms with Crippen LogP contribution in [0.1, 0.15) is 33.6 Å². The zero-order valence-electron chi connectivity index (χ0n) is 17.4. The van der Waals surface area contributed by atoms with Crippen molar-refractivity contribution in [2.24, 2.45) is 4.90 Å². The maximum absolute atomic E-state index is 14.2. The summed E-state index contributed by atoms with van der Waals surface area (Å²) in [4.78, 5) is 18.6. The molecule has 0 aromatic heterocycles. The highest BCUT2D eigenvalue weighted by Gasteiger charge is 2.47. The van der Waals surface area contributed by atoms with Crippen molar-refractivity contribution in [3.63, 3.8) is 0 Å². The van der Waals surface area contributed by atoms with Crippen LogP contribution >= 0.6 is 0 Å². The first-order valence-electron chi connectivity index (χ1n) is 10.2. The quantitative estimate of drug-likeness (QED) is 0.665. The lowest BCUT2D eigenvalue weighted by Gasteiger charge is -2.55. The van der Waals surface area contributed by atoms with Gasteiger partial charge >= 0.3 is 6.18 Å². The van der Waals surface area contributed by atoms with Gasteiger partial charge in [0.2, 0.25) is 0 Å². The van der Waals surface area contributed by atoms with Gasteiger partial charge < -0.3 is 9.71 Å². The van der Waals surface area contributed by atoms with E-state index in [1.165, 1.54) is 6.92 Å². The SMILES string of the molecule is CCCCN1C(C)=C(C(C)=O)C(C(F)(F)F)=N[B-]1(c1ccccc1)c1ccccc1. The molecule has 3 rings (SSSR count). The number of allylic oxidation sites excluding steroid dienone is 2. The summed E-state index contributed by atoms with van der Waals surface area (Å²) in [6.07, 6.45) is -5.43. The fourth-order valence-electron chi connectivity index (χ4n) is 4.38. The molecule has 2 aromatic carbocycles. The first-order valence-corrected chi connectivity index (χ1v) is 10.2. The van der Waals surface area contributed by atoms with Crippen LogP contribution in [0, 0.1) is 0 Å². The molecule has 1 heterocycles. The zero-order chi connectivity index (χ0) is 21.9. The van der Waals surface area contributed by atoms with E-state index in [9.17, 15) is 18.0 Å². The Hall–Kier alpha value is -2.83. The van der Waals surface area contributed by atoms with Crippen molar-refractivity contribution < 1.29 is 18.0 Å². The molecule has 0 saturated heterocycles. The van der Waals surface area contributed by atoms with Crippen molar-refractivity contribution in [1.82, 2.24) is 4.81 Å². The van der Waals surface area contributed by atoms with Crippen LogP contribution < -0.4 is 10.9 Å². The standard InChI is InChI=1S/C23H25BF3N2O/c1-4-5-16-29-17(2)21(18(3)30)22(23(25,26)27)28-24(29,19-12-8-6-9-13-19)20-14-10-7-11-15-20/h6-15H,4-5,16H2,1-3H3/q-1. The number of alkyl halides is 3. The maximum atomic E-state index is 14.2. The molecule has 0 radical (unpaired) electrons. The van der Waals surface area contributed by atoms with Crippen molar-refractivity contribution in [1.29, 1.82) is 0 Å². The highest BCUT2D eigenvalue weighted by molar-refractivity contribution is 7.00. The summed E-state index contributed by atoms with van der Waals surface area (Å²) >= 11 is 0. The molecule has 0 atom stereocenters. The van der Waals surface area contributed by atoms with E-state index in [1.807, 2.05) is 72.4 Å². The van der Waals surface area contributed by atoms with E-state index in [1.54, 1.807) is 6.92 Å². The van der Waals surface area contributed by atoms with Crippen LogP contribution in [0.15, 0.2) is 76.8 Å². The molecule has 3 nitrogen and oxygen atoms in total. The highest BCUT2D eigenvalue weighted by atomic mass is 19.4. The Kier molecular flexibility index (Phi) is 6.20. The van der Waals surface area contributed by atoms with E-state index in [2.05, 4.69) is 4.90 Å². The second-order valence-electron chi connectivity index (χ2n) is 7.64. The molecule has 7 heteroatoms. The van der Waals surface area contributed by atoms with Gasteiger partial charge in [0, 0.05) is 0 Å². The van der Waals surface area contributed by atoms with Crippen LogP contribution in [0.2, 0.25) is 0 Å². The second kappa shape index (κ2) is 8.50. The lowest BCUT2D eigenvalue weighted by atomic mass is 9.35. The van der Waals surface area contributed by atoms with Crippen molar-refractivity contribution in [2.45, 2.75) is 39.8 Å². The van der Waals surface area contributed by atoms with Gasteiger partial charge in [0.05, 0.1) is 5.57 Å². The van der Waals surface area contributed by atoms with Gasteiger partial charge in [-0.05, 0) is 32.5 Å². The number of ketones is 1. The summed E-state index contributed by atoms with van der Waals surface area (Å²) in [6, 6.07) is 18.1. The predicted octanol–water partition coefficient (Wildman–Crippen LogP) is 4.23. The Morgan fingerprint density at radius 2 is 1.50 bits per heavy atom. The number of Topliss-reactive ketones (excluding diaryl/α,β-unsaturated/α-hetero) is 1. The van der Waals surface area contributed by atoms with Gasteiger partial charge in [0.15, 0.2) is 5.78 Å². The molecule has 1 aliphatic heterocycles. The molecule has 0 N–H and O–H groups in total. The molecule has 0 bridgehead atoms. The highest BCUT2D eigenvalue weighted by Crippen LogP contribution is 2.34. The van der Waals surface area contributed by atoms with Crippen LogP contribution in [0.3, 0.4) is 0 Å². The normalized spacial score (nSPS) is 16.5. The third-order valence-electron chi connectivity index (χ3n) is 5.70. The predicted molar refractivity (Wildman–Crippen MR) is 116 cm³/mol. The molecule has 0 amide bonds. The van der Waals surface area contributed by atoms with E-state index < -0.39 is 24.1 Å². The minimum absolute atomic E-state index is 0.325. The maximum Gasteiger partial charge on any atom is 0.429 e. The number of carbonyl (C=O) groups is 1. The summed E-state index contributed by atoms with van der Waals surface area (Å²) in [6.45, 7) is 5.30. The first-order chi connectivity index (χ1) is 14.2. The van der Waals surface area contributed by atoms with Gasteiger partial charge in [-0.1, -0.05) is 74.0 Å². The summed E-state index contributed by atoms with van der Waals surface area (Å²) in [5.41, 5.74) is 0.258. The van der Waals surface area contributed by atoms with E-state index in [0.717, 1.165) is 12.8 Å². The number of rotatable bonds is 6. The summed E-state index contributed by atoms with van der Waals surface area (Å²) in [7, 11) is 0. The minimum atomic E-state index is -4.74. The summed E-state index contributed by atoms with van der Waals surface area (Å²) in [5, 5.41) is 0. The lowest BCUT2D eigenvalue weighted by Crippen LogP contribution is -2.71. The van der Waals surface area contributed by atoms with Crippen LogP contribution in [-0.4, -0.2) is 35.4 Å². The summed E-state index contributed by atoms with van der Waals surface area (Å²) < 4.78 is 42.5. The average Bonchev–Trinajstić information content (AvgIpc) is 2.72. The van der Waals surface area contributed by atoms with E-state index >= 15 is 0 Å². The fourth-order valence-corrected chi connectivity index (χ4v) is 4.38. The van der Waals surface area contributed by atoms with Gasteiger partial charge in [0.1, 0.15) is 5.71 Å². The Morgan fingerprint density at radius 3 is 1.90 bits per heavy atom. The van der Waals surface area contributed by atoms with Gasteiger partial charge in [-0.3, -0.25) is 4.79 Å². The van der Waals surface area contributed by atoms with Crippen molar-refractivity contribution >= 4 is 28.8 Å². The van der Waals surface area contributed by atoms with Crippen molar-refractivity contribution in [2.75, 3.05) is 6.54 Å². The average molecular weight is 413 g/mol. The van der Waals surface area contributed by atoms with Crippen molar-refractivity contribution in [3.8, 4) is 0 Å². The van der Waals surface area contributed by atoms with Gasteiger partial charge in [-0.2, -0.15) is 24.1 Å². The molecule has 0 aliphatic carbocycles. The van der Waals surface area contributed by atoms with Gasteiger partial charge in [-0.15, -0.1) is 0 Å². The van der Waals surface area contributed by atoms with Gasteiger partial charge in [-0.25, -0.2) is 0 Å². The largest absolute Gasteiger partial charge is 0.522 e. The van der Waals surface area contributed by atoms with Gasteiger partial charge in [0.25, 0.3) is 6.42 Å². The molecule has 0 spiro atoms. The van der Waals surface area contributed by atoms with E-state index in [-0.39, 0.29) is 5.57 Å². The molecular formula is C23H25BF3N2O-. The minimum Gasteiger partial charge on any atom is -0.522 e. The van der Waals surface area contributed by atoms with Crippen LogP contribution in [-0.2, 0) is 4.79 Å². The van der Waals surface area contributed by atoms with Crippen molar-refractivity contribution in [3.05, 3.63) is 71.9 Å². The lowest BCUT2D eigenvalue weighted by molar-refractivity contribution is -0.113. The Balaban J connectivity index is 2.43. The monoisotopic (exact) mass is 413 g/mol. The second-order valence-corrected chi connectivity index (χ2v) is 7.64.